The molecule has 268 valence electrons. The standard InChI is InChI=1S/C41H46ClN3O6/c1-28(47)37(23-29-5-3-2-4-6-29)44-40(48)43-25-30-7-13-33(14-8-30)39-50-36(24-38(51-39)32-11-9-31(27-46)10-12-32)26-45-21-19-41(49,20-22-45)34-15-17-35(42)18-16-34/h2-18,36-39,46,49H,19-27H2,1H3,(H2,43,44,48)/t36-,37+,38+,39?/m0/s1. The van der Waals surface area contributed by atoms with Crippen LogP contribution in [0.2, 0.25) is 5.02 Å². The summed E-state index contributed by atoms with van der Waals surface area (Å²) in [4.78, 5) is 27.3. The van der Waals surface area contributed by atoms with Crippen LogP contribution in [0.4, 0.5) is 4.79 Å². The van der Waals surface area contributed by atoms with Crippen molar-refractivity contribution < 1.29 is 29.3 Å². The number of ketones is 1. The first-order valence-corrected chi connectivity index (χ1v) is 17.9. The van der Waals surface area contributed by atoms with Gasteiger partial charge in [-0.1, -0.05) is 103 Å². The van der Waals surface area contributed by atoms with Gasteiger partial charge in [-0.2, -0.15) is 0 Å². The molecule has 9 nitrogen and oxygen atoms in total. The number of carbonyl (C=O) groups is 2. The fourth-order valence-corrected chi connectivity index (χ4v) is 6.93. The van der Waals surface area contributed by atoms with Crippen molar-refractivity contribution >= 4 is 23.4 Å². The van der Waals surface area contributed by atoms with Gasteiger partial charge < -0.3 is 35.2 Å². The van der Waals surface area contributed by atoms with Crippen LogP contribution in [0.5, 0.6) is 0 Å². The van der Waals surface area contributed by atoms with E-state index in [4.69, 9.17) is 21.1 Å². The van der Waals surface area contributed by atoms with Crippen LogP contribution in [-0.4, -0.2) is 58.7 Å². The molecule has 2 aliphatic heterocycles. The summed E-state index contributed by atoms with van der Waals surface area (Å²) in [5.74, 6) is -0.105. The van der Waals surface area contributed by atoms with Gasteiger partial charge in [0.25, 0.3) is 0 Å². The van der Waals surface area contributed by atoms with Gasteiger partial charge in [-0.3, -0.25) is 4.79 Å². The van der Waals surface area contributed by atoms with Crippen LogP contribution >= 0.6 is 11.6 Å². The molecule has 4 aromatic rings. The Morgan fingerprint density at radius 3 is 2.16 bits per heavy atom. The van der Waals surface area contributed by atoms with E-state index in [1.165, 1.54) is 6.92 Å². The number of nitrogens with one attached hydrogen (secondary N) is 2. The van der Waals surface area contributed by atoms with Crippen LogP contribution in [0.25, 0.3) is 0 Å². The van der Waals surface area contributed by atoms with E-state index < -0.39 is 24.0 Å². The van der Waals surface area contributed by atoms with Gasteiger partial charge in [0.2, 0.25) is 0 Å². The number of hydrogen-bond donors (Lipinski definition) is 4. The van der Waals surface area contributed by atoms with E-state index in [1.54, 1.807) is 0 Å². The number of nitrogens with zero attached hydrogens (tertiary/aromatic N) is 1. The molecule has 2 fully saturated rings. The third kappa shape index (κ3) is 9.83. The third-order valence-corrected chi connectivity index (χ3v) is 10.2. The van der Waals surface area contributed by atoms with Crippen LogP contribution in [0.1, 0.15) is 72.0 Å². The lowest BCUT2D eigenvalue weighted by molar-refractivity contribution is -0.253. The van der Waals surface area contributed by atoms with E-state index in [9.17, 15) is 19.8 Å². The van der Waals surface area contributed by atoms with Gasteiger partial charge in [0, 0.05) is 43.2 Å². The lowest BCUT2D eigenvalue weighted by Crippen LogP contribution is -2.46. The second-order valence-electron chi connectivity index (χ2n) is 13.6. The number of likely N-dealkylation sites (tertiary alicyclic amines) is 1. The third-order valence-electron chi connectivity index (χ3n) is 9.93. The zero-order chi connectivity index (χ0) is 35.8. The van der Waals surface area contributed by atoms with Crippen molar-refractivity contribution in [2.75, 3.05) is 19.6 Å². The Morgan fingerprint density at radius 1 is 0.863 bits per heavy atom. The lowest BCUT2D eigenvalue weighted by Gasteiger charge is -2.42. The molecule has 0 bridgehead atoms. The molecule has 4 atom stereocenters. The molecule has 0 aromatic heterocycles. The summed E-state index contributed by atoms with van der Waals surface area (Å²) in [6, 6.07) is 31.7. The molecule has 4 aromatic carbocycles. The largest absolute Gasteiger partial charge is 0.392 e. The van der Waals surface area contributed by atoms with Crippen molar-refractivity contribution in [3.8, 4) is 0 Å². The molecule has 51 heavy (non-hydrogen) atoms. The van der Waals surface area contributed by atoms with Crippen molar-refractivity contribution in [1.29, 1.82) is 0 Å². The number of hydrogen-bond acceptors (Lipinski definition) is 7. The highest BCUT2D eigenvalue weighted by Gasteiger charge is 2.37. The number of ether oxygens (including phenoxy) is 2. The minimum Gasteiger partial charge on any atom is -0.392 e. The Bertz CT molecular complexity index is 1730. The van der Waals surface area contributed by atoms with Crippen molar-refractivity contribution in [1.82, 2.24) is 15.5 Å². The van der Waals surface area contributed by atoms with E-state index in [1.807, 2.05) is 103 Å². The molecule has 6 rings (SSSR count). The number of rotatable bonds is 12. The smallest absolute Gasteiger partial charge is 0.315 e. The number of aliphatic hydroxyl groups excluding tert-OH is 1. The number of aliphatic hydroxyl groups is 2. The van der Waals surface area contributed by atoms with E-state index in [0.29, 0.717) is 37.3 Å². The molecule has 2 heterocycles. The first kappa shape index (κ1) is 36.7. The fraction of sp³-hybridized carbons (Fsp3) is 0.366. The van der Waals surface area contributed by atoms with Gasteiger partial charge in [-0.25, -0.2) is 4.79 Å². The van der Waals surface area contributed by atoms with Gasteiger partial charge in [0.15, 0.2) is 12.1 Å². The van der Waals surface area contributed by atoms with Crippen molar-refractivity contribution in [3.05, 3.63) is 142 Å². The topological polar surface area (TPSA) is 120 Å². The van der Waals surface area contributed by atoms with Crippen LogP contribution in [0, 0.1) is 0 Å². The van der Waals surface area contributed by atoms with Crippen LogP contribution in [0.15, 0.2) is 103 Å². The van der Waals surface area contributed by atoms with Gasteiger partial charge in [-0.05, 0) is 66.1 Å². The predicted molar refractivity (Wildman–Crippen MR) is 196 cm³/mol. The second kappa shape index (κ2) is 17.0. The average Bonchev–Trinajstić information content (AvgIpc) is 3.15. The summed E-state index contributed by atoms with van der Waals surface area (Å²) in [6.45, 7) is 3.91. The maximum atomic E-state index is 12.7. The first-order valence-electron chi connectivity index (χ1n) is 17.6. The summed E-state index contributed by atoms with van der Waals surface area (Å²) in [5, 5.41) is 27.3. The van der Waals surface area contributed by atoms with Crippen LogP contribution in [-0.2, 0) is 39.4 Å². The Labute approximate surface area is 304 Å². The normalized spacial score (nSPS) is 21.1. The van der Waals surface area contributed by atoms with Gasteiger partial charge in [-0.15, -0.1) is 0 Å². The van der Waals surface area contributed by atoms with Gasteiger partial charge >= 0.3 is 6.03 Å². The van der Waals surface area contributed by atoms with E-state index in [2.05, 4.69) is 15.5 Å². The molecular weight excluding hydrogens is 666 g/mol. The fourth-order valence-electron chi connectivity index (χ4n) is 6.81. The SMILES string of the molecule is CC(=O)[C@@H](Cc1ccccc1)NC(=O)NCc1ccc(C2O[C@H](CN3CCC(O)(c4ccc(Cl)cc4)CC3)C[C@H](c3ccc(CO)cc3)O2)cc1. The Hall–Kier alpha value is -4.09. The highest BCUT2D eigenvalue weighted by atomic mass is 35.5. The molecule has 2 amide bonds. The number of halogens is 1. The molecule has 0 radical (unpaired) electrons. The number of urea groups is 1. The lowest BCUT2D eigenvalue weighted by atomic mass is 9.84. The first-order chi connectivity index (χ1) is 24.7. The highest BCUT2D eigenvalue weighted by molar-refractivity contribution is 6.30. The molecule has 0 saturated carbocycles. The molecule has 0 spiro atoms. The zero-order valence-electron chi connectivity index (χ0n) is 28.8. The number of piperidine rings is 1. The minimum atomic E-state index is -0.883. The monoisotopic (exact) mass is 711 g/mol. The Kier molecular flexibility index (Phi) is 12.2. The molecule has 2 aliphatic rings. The molecule has 2 saturated heterocycles. The molecule has 1 unspecified atom stereocenters. The number of Topliss-reactive ketones (excluding diaryl/α,β-unsaturated/α-hetero) is 1. The molecular formula is C41H46ClN3O6. The zero-order valence-corrected chi connectivity index (χ0v) is 29.6. The number of carbonyl (C=O) groups excluding carboxylic acids is 2. The molecule has 0 aliphatic carbocycles. The summed E-state index contributed by atoms with van der Waals surface area (Å²) in [7, 11) is 0. The quantitative estimate of drug-likeness (QED) is 0.135. The maximum absolute atomic E-state index is 12.7. The molecule has 4 N–H and O–H groups in total. The summed E-state index contributed by atoms with van der Waals surface area (Å²) in [6.07, 6.45) is 1.37. The van der Waals surface area contributed by atoms with Gasteiger partial charge in [0.05, 0.1) is 30.5 Å². The summed E-state index contributed by atoms with van der Waals surface area (Å²) in [5.41, 5.74) is 4.59. The summed E-state index contributed by atoms with van der Waals surface area (Å²) < 4.78 is 13.1. The van der Waals surface area contributed by atoms with Crippen molar-refractivity contribution in [2.45, 2.75) is 75.9 Å². The van der Waals surface area contributed by atoms with E-state index >= 15 is 0 Å². The van der Waals surface area contributed by atoms with Crippen molar-refractivity contribution in [2.24, 2.45) is 0 Å². The highest BCUT2D eigenvalue weighted by Crippen LogP contribution is 2.39. The van der Waals surface area contributed by atoms with E-state index in [-0.39, 0.29) is 31.1 Å². The van der Waals surface area contributed by atoms with Crippen LogP contribution in [0.3, 0.4) is 0 Å². The van der Waals surface area contributed by atoms with Gasteiger partial charge in [0.1, 0.15) is 0 Å². The predicted octanol–water partition coefficient (Wildman–Crippen LogP) is 6.36. The minimum absolute atomic E-state index is 0.0225. The average molecular weight is 712 g/mol. The Morgan fingerprint density at radius 2 is 1.51 bits per heavy atom. The van der Waals surface area contributed by atoms with Crippen LogP contribution < -0.4 is 10.6 Å². The number of amides is 2. The van der Waals surface area contributed by atoms with E-state index in [0.717, 1.165) is 46.5 Å². The Balaban J connectivity index is 1.08. The maximum Gasteiger partial charge on any atom is 0.315 e. The molecule has 10 heteroatoms. The number of benzene rings is 4. The summed E-state index contributed by atoms with van der Waals surface area (Å²) >= 11 is 6.08. The van der Waals surface area contributed by atoms with Crippen molar-refractivity contribution in [3.63, 3.8) is 0 Å². The second-order valence-corrected chi connectivity index (χ2v) is 14.0.